The highest BCUT2D eigenvalue weighted by Gasteiger charge is 2.18. The Balaban J connectivity index is 2.22. The van der Waals surface area contributed by atoms with Gasteiger partial charge in [0.2, 0.25) is 10.0 Å². The van der Waals surface area contributed by atoms with Gasteiger partial charge < -0.3 is 10.7 Å². The van der Waals surface area contributed by atoms with E-state index in [1.165, 1.54) is 24.8 Å². The highest BCUT2D eigenvalue weighted by Crippen LogP contribution is 2.20. The summed E-state index contributed by atoms with van der Waals surface area (Å²) in [6.07, 6.45) is 4.44. The van der Waals surface area contributed by atoms with Gasteiger partial charge in [-0.1, -0.05) is 0 Å². The fourth-order valence-corrected chi connectivity index (χ4v) is 2.87. The molecule has 0 aliphatic carbocycles. The van der Waals surface area contributed by atoms with Crippen molar-refractivity contribution in [1.82, 2.24) is 19.7 Å². The molecule has 7 nitrogen and oxygen atoms in total. The van der Waals surface area contributed by atoms with E-state index >= 15 is 0 Å². The largest absolute Gasteiger partial charge is 0.383 e. The van der Waals surface area contributed by atoms with Crippen LogP contribution in [0.15, 0.2) is 34.2 Å². The number of rotatable bonds is 4. The second-order valence-electron chi connectivity index (χ2n) is 3.44. The van der Waals surface area contributed by atoms with Crippen molar-refractivity contribution in [3.63, 3.8) is 0 Å². The molecule has 0 radical (unpaired) electrons. The summed E-state index contributed by atoms with van der Waals surface area (Å²) >= 11 is 3.15. The number of nitrogens with zero attached hydrogens (tertiary/aromatic N) is 2. The average molecular weight is 332 g/mol. The number of pyridine rings is 1. The molecule has 0 aliphatic rings. The number of hydrogen-bond acceptors (Lipinski definition) is 5. The number of sulfonamides is 1. The van der Waals surface area contributed by atoms with Crippen molar-refractivity contribution in [2.75, 3.05) is 5.73 Å². The summed E-state index contributed by atoms with van der Waals surface area (Å²) < 4.78 is 27.0. The molecule has 18 heavy (non-hydrogen) atoms. The zero-order valence-corrected chi connectivity index (χ0v) is 11.5. The maximum atomic E-state index is 12.0. The topological polar surface area (TPSA) is 114 Å². The number of anilines is 1. The van der Waals surface area contributed by atoms with E-state index in [0.717, 1.165) is 0 Å². The lowest BCUT2D eigenvalue weighted by Crippen LogP contribution is -2.24. The lowest BCUT2D eigenvalue weighted by atomic mass is 10.5. The molecule has 0 bridgehead atoms. The second-order valence-corrected chi connectivity index (χ2v) is 6.09. The zero-order valence-electron chi connectivity index (χ0n) is 9.09. The van der Waals surface area contributed by atoms with Crippen LogP contribution in [0.2, 0.25) is 0 Å². The summed E-state index contributed by atoms with van der Waals surface area (Å²) in [4.78, 5) is 10.3. The Hall–Kier alpha value is -1.45. The van der Waals surface area contributed by atoms with E-state index in [2.05, 4.69) is 35.6 Å². The smallest absolute Gasteiger partial charge is 0.244 e. The predicted molar refractivity (Wildman–Crippen MR) is 69.0 cm³/mol. The van der Waals surface area contributed by atoms with Gasteiger partial charge in [-0.2, -0.15) is 0 Å². The first-order chi connectivity index (χ1) is 8.49. The number of halogens is 1. The summed E-state index contributed by atoms with van der Waals surface area (Å²) in [6, 6.07) is 1.40. The van der Waals surface area contributed by atoms with Crippen LogP contribution in [0.5, 0.6) is 0 Å². The van der Waals surface area contributed by atoms with Crippen LogP contribution in [0.1, 0.15) is 5.69 Å². The van der Waals surface area contributed by atoms with Gasteiger partial charge in [0, 0.05) is 22.6 Å². The van der Waals surface area contributed by atoms with E-state index in [-0.39, 0.29) is 17.3 Å². The number of nitrogens with one attached hydrogen (secondary N) is 2. The SMILES string of the molecule is Nc1ncc(Br)cc1S(=O)(=O)NCc1cnc[nH]1. The van der Waals surface area contributed by atoms with Crippen LogP contribution in [0, 0.1) is 0 Å². The van der Waals surface area contributed by atoms with Gasteiger partial charge in [0.15, 0.2) is 0 Å². The molecular weight excluding hydrogens is 322 g/mol. The molecule has 2 aromatic rings. The molecule has 2 aromatic heterocycles. The van der Waals surface area contributed by atoms with Crippen molar-refractivity contribution in [3.8, 4) is 0 Å². The van der Waals surface area contributed by atoms with Gasteiger partial charge in [-0.05, 0) is 22.0 Å². The number of H-pyrrole nitrogens is 1. The minimum atomic E-state index is -3.70. The fraction of sp³-hybridized carbons (Fsp3) is 0.111. The third kappa shape index (κ3) is 2.86. The maximum Gasteiger partial charge on any atom is 0.244 e. The predicted octanol–water partition coefficient (Wildman–Crippen LogP) is 0.628. The van der Waals surface area contributed by atoms with Gasteiger partial charge >= 0.3 is 0 Å². The lowest BCUT2D eigenvalue weighted by Gasteiger charge is -2.07. The Morgan fingerprint density at radius 2 is 2.22 bits per heavy atom. The summed E-state index contributed by atoms with van der Waals surface area (Å²) in [6.45, 7) is 0.105. The van der Waals surface area contributed by atoms with Crippen molar-refractivity contribution < 1.29 is 8.42 Å². The Morgan fingerprint density at radius 3 is 2.89 bits per heavy atom. The summed E-state index contributed by atoms with van der Waals surface area (Å²) in [5, 5.41) is 0. The maximum absolute atomic E-state index is 12.0. The molecular formula is C9H10BrN5O2S. The Labute approximate surface area is 112 Å². The minimum absolute atomic E-state index is 0.0460. The van der Waals surface area contributed by atoms with Gasteiger partial charge in [0.1, 0.15) is 10.7 Å². The number of aromatic amines is 1. The van der Waals surface area contributed by atoms with E-state index in [4.69, 9.17) is 5.73 Å². The molecule has 2 heterocycles. The molecule has 4 N–H and O–H groups in total. The van der Waals surface area contributed by atoms with Gasteiger partial charge in [0.25, 0.3) is 0 Å². The Bertz CT molecular complexity index is 641. The number of hydrogen-bond donors (Lipinski definition) is 3. The van der Waals surface area contributed by atoms with Gasteiger partial charge in [0.05, 0.1) is 12.9 Å². The first-order valence-corrected chi connectivity index (χ1v) is 7.14. The molecule has 2 rings (SSSR count). The molecule has 0 spiro atoms. The van der Waals surface area contributed by atoms with Crippen molar-refractivity contribution in [3.05, 3.63) is 35.0 Å². The second kappa shape index (κ2) is 5.04. The molecule has 9 heteroatoms. The normalized spacial score (nSPS) is 11.6. The Kier molecular flexibility index (Phi) is 3.64. The van der Waals surface area contributed by atoms with Gasteiger partial charge in [-0.15, -0.1) is 0 Å². The number of aromatic nitrogens is 3. The average Bonchev–Trinajstić information content (AvgIpc) is 2.83. The molecule has 0 saturated carbocycles. The zero-order chi connectivity index (χ0) is 13.2. The van der Waals surface area contributed by atoms with E-state index in [0.29, 0.717) is 10.2 Å². The molecule has 0 aromatic carbocycles. The van der Waals surface area contributed by atoms with E-state index in [9.17, 15) is 8.42 Å². The van der Waals surface area contributed by atoms with Crippen LogP contribution < -0.4 is 10.5 Å². The number of nitrogens with two attached hydrogens (primary N) is 1. The van der Waals surface area contributed by atoms with Crippen LogP contribution in [0.3, 0.4) is 0 Å². The summed E-state index contributed by atoms with van der Waals surface area (Å²) in [5.41, 5.74) is 6.21. The van der Waals surface area contributed by atoms with Crippen molar-refractivity contribution in [1.29, 1.82) is 0 Å². The minimum Gasteiger partial charge on any atom is -0.383 e. The van der Waals surface area contributed by atoms with Crippen molar-refractivity contribution in [2.24, 2.45) is 0 Å². The summed E-state index contributed by atoms with van der Waals surface area (Å²) in [5.74, 6) is -0.0460. The first kappa shape index (κ1) is 13.0. The highest BCUT2D eigenvalue weighted by molar-refractivity contribution is 9.10. The monoisotopic (exact) mass is 331 g/mol. The first-order valence-electron chi connectivity index (χ1n) is 4.87. The third-order valence-electron chi connectivity index (χ3n) is 2.15. The molecule has 96 valence electrons. The molecule has 0 saturated heterocycles. The van der Waals surface area contributed by atoms with Gasteiger partial charge in [-0.3, -0.25) is 0 Å². The van der Waals surface area contributed by atoms with Crippen LogP contribution in [0.25, 0.3) is 0 Å². The van der Waals surface area contributed by atoms with E-state index < -0.39 is 10.0 Å². The van der Waals surface area contributed by atoms with Crippen LogP contribution >= 0.6 is 15.9 Å². The van der Waals surface area contributed by atoms with Crippen LogP contribution in [0.4, 0.5) is 5.82 Å². The Morgan fingerprint density at radius 1 is 1.44 bits per heavy atom. The molecule has 0 aliphatic heterocycles. The standard InChI is InChI=1S/C9H10BrN5O2S/c10-6-1-8(9(11)13-2-6)18(16,17)15-4-7-3-12-5-14-7/h1-3,5,15H,4H2,(H2,11,13)(H,12,14). The van der Waals surface area contributed by atoms with E-state index in [1.54, 1.807) is 0 Å². The van der Waals surface area contributed by atoms with Crippen molar-refractivity contribution in [2.45, 2.75) is 11.4 Å². The lowest BCUT2D eigenvalue weighted by molar-refractivity contribution is 0.580. The van der Waals surface area contributed by atoms with Gasteiger partial charge in [-0.25, -0.2) is 23.1 Å². The third-order valence-corrected chi connectivity index (χ3v) is 4.01. The number of nitrogen functional groups attached to an aromatic ring is 1. The molecule has 0 amide bonds. The quantitative estimate of drug-likeness (QED) is 0.760. The molecule has 0 unspecified atom stereocenters. The van der Waals surface area contributed by atoms with Crippen LogP contribution in [-0.2, 0) is 16.6 Å². The van der Waals surface area contributed by atoms with E-state index in [1.807, 2.05) is 0 Å². The van der Waals surface area contributed by atoms with Crippen molar-refractivity contribution >= 4 is 31.8 Å². The fourth-order valence-electron chi connectivity index (χ4n) is 1.28. The summed E-state index contributed by atoms with van der Waals surface area (Å²) in [7, 11) is -3.70. The molecule has 0 atom stereocenters. The number of imidazole rings is 1. The van der Waals surface area contributed by atoms with Crippen LogP contribution in [-0.4, -0.2) is 23.4 Å². The molecule has 0 fully saturated rings. The highest BCUT2D eigenvalue weighted by atomic mass is 79.9.